The molecular weight excluding hydrogens is 292 g/mol. The fourth-order valence-electron chi connectivity index (χ4n) is 0.684. The molecule has 0 aliphatic heterocycles. The van der Waals surface area contributed by atoms with E-state index in [-0.39, 0.29) is 22.4 Å². The van der Waals surface area contributed by atoms with E-state index in [0.717, 1.165) is 0 Å². The van der Waals surface area contributed by atoms with Gasteiger partial charge in [0.15, 0.2) is 0 Å². The maximum absolute atomic E-state index is 10.1. The maximum Gasteiger partial charge on any atom is 3.00 e. The molecule has 0 aromatic heterocycles. The van der Waals surface area contributed by atoms with Gasteiger partial charge in [0, 0.05) is 24.8 Å². The van der Waals surface area contributed by atoms with Crippen molar-refractivity contribution >= 4 is 17.9 Å². The van der Waals surface area contributed by atoms with Gasteiger partial charge in [0.1, 0.15) is 5.60 Å². The summed E-state index contributed by atoms with van der Waals surface area (Å²) in [5, 5.41) is 38.9. The molecule has 0 heterocycles. The minimum Gasteiger partial charge on any atom is -0.550 e. The van der Waals surface area contributed by atoms with Crippen LogP contribution in [-0.2, 0) is 36.8 Å². The predicted molar refractivity (Wildman–Crippen MR) is 29.2 cm³/mol. The van der Waals surface area contributed by atoms with Crippen molar-refractivity contribution in [3.05, 3.63) is 0 Å². The van der Waals surface area contributed by atoms with Gasteiger partial charge in [-0.1, -0.05) is 0 Å². The number of aliphatic hydroxyl groups is 1. The van der Waals surface area contributed by atoms with Crippen molar-refractivity contribution in [1.29, 1.82) is 0 Å². The first-order chi connectivity index (χ1) is 5.78. The van der Waals surface area contributed by atoms with Crippen LogP contribution < -0.4 is 15.3 Å². The summed E-state index contributed by atoms with van der Waals surface area (Å²) in [6, 6.07) is 0. The number of hydrogen-bond acceptors (Lipinski definition) is 7. The van der Waals surface area contributed by atoms with E-state index in [0.29, 0.717) is 0 Å². The van der Waals surface area contributed by atoms with E-state index in [1.807, 2.05) is 0 Å². The van der Waals surface area contributed by atoms with Gasteiger partial charge < -0.3 is 34.8 Å². The van der Waals surface area contributed by atoms with Gasteiger partial charge in [-0.05, 0) is 0 Å². The van der Waals surface area contributed by atoms with Crippen molar-refractivity contribution in [2.24, 2.45) is 0 Å². The molecule has 0 saturated heterocycles. The van der Waals surface area contributed by atoms with Gasteiger partial charge in [-0.3, -0.25) is 0 Å². The van der Waals surface area contributed by atoms with E-state index in [9.17, 15) is 29.7 Å². The molecule has 1 N–H and O–H groups in total. The third kappa shape index (κ3) is 4.97. The Bertz CT molecular complexity index is 233. The summed E-state index contributed by atoms with van der Waals surface area (Å²) < 4.78 is 0. The average molecular weight is 297 g/mol. The summed E-state index contributed by atoms with van der Waals surface area (Å²) in [7, 11) is 0. The normalized spacial score (nSPS) is 10.1. The molecule has 14 heavy (non-hydrogen) atoms. The zero-order chi connectivity index (χ0) is 10.6. The Morgan fingerprint density at radius 2 is 1.29 bits per heavy atom. The summed E-state index contributed by atoms with van der Waals surface area (Å²) in [5.74, 6) is -5.98. The molecule has 0 aliphatic rings. The number of carbonyl (C=O) groups excluding carboxylic acids is 3. The van der Waals surface area contributed by atoms with Crippen LogP contribution >= 0.6 is 0 Å². The number of carbonyl (C=O) groups is 3. The molecule has 8 heteroatoms. The molecule has 0 spiro atoms. The molecule has 0 bridgehead atoms. The van der Waals surface area contributed by atoms with Crippen molar-refractivity contribution in [3.8, 4) is 0 Å². The molecule has 0 unspecified atom stereocenters. The fourth-order valence-corrected chi connectivity index (χ4v) is 0.684. The minimum atomic E-state index is -2.97. The van der Waals surface area contributed by atoms with Crippen LogP contribution in [-0.4, -0.2) is 28.6 Å². The standard InChI is InChI=1S/C6H8O7.Ag/c7-3(8)1-6(13,5(11)12)2-4(9)10;/h13H,1-2H2,(H,7,8)(H,9,10)(H,11,12);/q;+3/p-3. The van der Waals surface area contributed by atoms with E-state index in [2.05, 4.69) is 0 Å². The summed E-state index contributed by atoms with van der Waals surface area (Å²) in [6.07, 6.45) is -2.72. The van der Waals surface area contributed by atoms with Crippen LogP contribution in [0.25, 0.3) is 0 Å². The number of carboxylic acids is 3. The van der Waals surface area contributed by atoms with E-state index in [1.54, 1.807) is 0 Å². The number of rotatable bonds is 5. The van der Waals surface area contributed by atoms with Gasteiger partial charge in [-0.25, -0.2) is 0 Å². The Balaban J connectivity index is 0. The molecule has 0 aliphatic carbocycles. The van der Waals surface area contributed by atoms with Crippen molar-refractivity contribution in [3.63, 3.8) is 0 Å². The molecule has 0 saturated carbocycles. The van der Waals surface area contributed by atoms with Crippen LogP contribution in [0.3, 0.4) is 0 Å². The van der Waals surface area contributed by atoms with Crippen LogP contribution in [0.1, 0.15) is 12.8 Å². The second-order valence-corrected chi connectivity index (χ2v) is 2.42. The monoisotopic (exact) mass is 296 g/mol. The van der Waals surface area contributed by atoms with Crippen molar-refractivity contribution in [1.82, 2.24) is 0 Å². The summed E-state index contributed by atoms with van der Waals surface area (Å²) in [5.41, 5.74) is -2.97. The first-order valence-electron chi connectivity index (χ1n) is 3.11. The van der Waals surface area contributed by atoms with E-state index >= 15 is 0 Å². The van der Waals surface area contributed by atoms with Crippen LogP contribution in [0, 0.1) is 0 Å². The number of aliphatic carboxylic acids is 3. The molecule has 82 valence electrons. The van der Waals surface area contributed by atoms with Gasteiger partial charge in [0.2, 0.25) is 0 Å². The van der Waals surface area contributed by atoms with Crippen LogP contribution in [0.2, 0.25) is 0 Å². The second kappa shape index (κ2) is 5.76. The Morgan fingerprint density at radius 3 is 1.43 bits per heavy atom. The number of carboxylic acid groups (broad SMARTS) is 3. The largest absolute Gasteiger partial charge is 3.00 e. The van der Waals surface area contributed by atoms with Crippen molar-refractivity contribution < 1.29 is 57.2 Å². The van der Waals surface area contributed by atoms with E-state index in [1.165, 1.54) is 0 Å². The second-order valence-electron chi connectivity index (χ2n) is 2.42. The molecular formula is C6H5AgO7. The van der Waals surface area contributed by atoms with Gasteiger partial charge in [-0.15, -0.1) is 0 Å². The molecule has 0 rings (SSSR count). The van der Waals surface area contributed by atoms with Crippen LogP contribution in [0.15, 0.2) is 0 Å². The zero-order valence-electron chi connectivity index (χ0n) is 6.61. The van der Waals surface area contributed by atoms with Crippen LogP contribution in [0.4, 0.5) is 0 Å². The third-order valence-corrected chi connectivity index (χ3v) is 1.25. The third-order valence-electron chi connectivity index (χ3n) is 1.25. The molecule has 0 atom stereocenters. The fraction of sp³-hybridized carbons (Fsp3) is 0.500. The zero-order valence-corrected chi connectivity index (χ0v) is 8.09. The number of hydrogen-bond donors (Lipinski definition) is 1. The molecule has 0 amide bonds. The first kappa shape index (κ1) is 15.6. The molecule has 0 fully saturated rings. The topological polar surface area (TPSA) is 141 Å². The summed E-state index contributed by atoms with van der Waals surface area (Å²) in [4.78, 5) is 30.0. The Morgan fingerprint density at radius 1 is 1.00 bits per heavy atom. The van der Waals surface area contributed by atoms with Crippen molar-refractivity contribution in [2.45, 2.75) is 18.4 Å². The molecule has 7 nitrogen and oxygen atoms in total. The van der Waals surface area contributed by atoms with E-state index in [4.69, 9.17) is 5.11 Å². The quantitative estimate of drug-likeness (QED) is 0.500. The maximum atomic E-state index is 10.1. The molecule has 0 radical (unpaired) electrons. The van der Waals surface area contributed by atoms with Gasteiger partial charge in [0.25, 0.3) is 0 Å². The first-order valence-corrected chi connectivity index (χ1v) is 3.11. The van der Waals surface area contributed by atoms with Gasteiger partial charge in [0.05, 0.1) is 5.97 Å². The summed E-state index contributed by atoms with van der Waals surface area (Å²) >= 11 is 0. The molecule has 0 aromatic carbocycles. The minimum absolute atomic E-state index is 0. The van der Waals surface area contributed by atoms with Gasteiger partial charge in [-0.2, -0.15) is 0 Å². The Hall–Kier alpha value is -0.890. The van der Waals surface area contributed by atoms with E-state index < -0.39 is 36.4 Å². The SMILES string of the molecule is O=C([O-])CC(O)(CC(=O)[O-])C(=O)[O-].[Ag+3]. The predicted octanol–water partition coefficient (Wildman–Crippen LogP) is -5.26. The van der Waals surface area contributed by atoms with Crippen LogP contribution in [0.5, 0.6) is 0 Å². The Labute approximate surface area is 93.9 Å². The Kier molecular flexibility index (Phi) is 6.41. The summed E-state index contributed by atoms with van der Waals surface area (Å²) in [6.45, 7) is 0. The average Bonchev–Trinajstić information content (AvgIpc) is 1.82. The van der Waals surface area contributed by atoms with Gasteiger partial charge >= 0.3 is 22.4 Å². The molecule has 0 aromatic rings. The smallest absolute Gasteiger partial charge is 0.550 e. The van der Waals surface area contributed by atoms with Crippen molar-refractivity contribution in [2.75, 3.05) is 0 Å².